The van der Waals surface area contributed by atoms with Gasteiger partial charge in [0.05, 0.1) is 0 Å². The molecule has 20 heavy (non-hydrogen) atoms. The van der Waals surface area contributed by atoms with Crippen molar-refractivity contribution in [1.29, 1.82) is 0 Å². The maximum absolute atomic E-state index is 4.33. The van der Waals surface area contributed by atoms with Crippen LogP contribution in [0, 0.1) is 6.92 Å². The van der Waals surface area contributed by atoms with Crippen LogP contribution in [-0.2, 0) is 6.42 Å². The molecule has 0 aromatic carbocycles. The van der Waals surface area contributed by atoms with Crippen molar-refractivity contribution in [1.82, 2.24) is 15.3 Å². The highest BCUT2D eigenvalue weighted by Gasteiger charge is 2.29. The Morgan fingerprint density at radius 1 is 1.15 bits per heavy atom. The van der Waals surface area contributed by atoms with Crippen LogP contribution in [0.1, 0.15) is 35.6 Å². The zero-order valence-corrected chi connectivity index (χ0v) is 11.9. The van der Waals surface area contributed by atoms with Gasteiger partial charge in [-0.2, -0.15) is 0 Å². The minimum absolute atomic E-state index is 0.673. The molecule has 0 saturated heterocycles. The second-order valence-electron chi connectivity index (χ2n) is 5.66. The average molecular weight is 267 g/mol. The van der Waals surface area contributed by atoms with Gasteiger partial charge in [-0.25, -0.2) is 0 Å². The zero-order chi connectivity index (χ0) is 13.8. The van der Waals surface area contributed by atoms with Crippen LogP contribution >= 0.6 is 0 Å². The molecule has 0 aliphatic heterocycles. The standard InChI is InChI=1S/C17H21N3/c1-13-2-3-14(12-20-13)4-9-19-17-10-16(11-17)15-5-7-18-8-6-15/h2-3,5-8,12,16-17,19H,4,9-11H2,1H3. The number of pyridine rings is 2. The van der Waals surface area contributed by atoms with Gasteiger partial charge in [-0.1, -0.05) is 6.07 Å². The predicted molar refractivity (Wildman–Crippen MR) is 80.7 cm³/mol. The molecule has 1 saturated carbocycles. The highest BCUT2D eigenvalue weighted by molar-refractivity contribution is 5.20. The Bertz CT molecular complexity index is 530. The molecule has 2 aromatic heterocycles. The molecule has 0 amide bonds. The van der Waals surface area contributed by atoms with E-state index in [1.165, 1.54) is 24.0 Å². The van der Waals surface area contributed by atoms with Gasteiger partial charge in [0.2, 0.25) is 0 Å². The minimum Gasteiger partial charge on any atom is -0.314 e. The van der Waals surface area contributed by atoms with E-state index in [1.807, 2.05) is 25.5 Å². The summed E-state index contributed by atoms with van der Waals surface area (Å²) in [4.78, 5) is 8.40. The van der Waals surface area contributed by atoms with Crippen LogP contribution in [0.4, 0.5) is 0 Å². The number of nitrogens with one attached hydrogen (secondary N) is 1. The number of hydrogen-bond donors (Lipinski definition) is 1. The van der Waals surface area contributed by atoms with E-state index in [-0.39, 0.29) is 0 Å². The van der Waals surface area contributed by atoms with Crippen LogP contribution in [0.15, 0.2) is 42.9 Å². The van der Waals surface area contributed by atoms with E-state index < -0.39 is 0 Å². The first-order chi connectivity index (χ1) is 9.81. The van der Waals surface area contributed by atoms with E-state index >= 15 is 0 Å². The molecule has 3 heteroatoms. The van der Waals surface area contributed by atoms with Crippen molar-refractivity contribution in [3.63, 3.8) is 0 Å². The number of rotatable bonds is 5. The molecule has 0 unspecified atom stereocenters. The third kappa shape index (κ3) is 3.23. The van der Waals surface area contributed by atoms with Crippen molar-refractivity contribution < 1.29 is 0 Å². The first-order valence-electron chi connectivity index (χ1n) is 7.36. The van der Waals surface area contributed by atoms with Crippen LogP contribution < -0.4 is 5.32 Å². The maximum atomic E-state index is 4.33. The lowest BCUT2D eigenvalue weighted by Gasteiger charge is -2.36. The average Bonchev–Trinajstić information content (AvgIpc) is 2.44. The summed E-state index contributed by atoms with van der Waals surface area (Å²) < 4.78 is 0. The number of hydrogen-bond acceptors (Lipinski definition) is 3. The van der Waals surface area contributed by atoms with E-state index in [1.54, 1.807) is 0 Å². The van der Waals surface area contributed by atoms with Gasteiger partial charge < -0.3 is 5.32 Å². The lowest BCUT2D eigenvalue weighted by atomic mass is 9.76. The fraction of sp³-hybridized carbons (Fsp3) is 0.412. The Hall–Kier alpha value is -1.74. The van der Waals surface area contributed by atoms with Crippen molar-refractivity contribution in [2.45, 2.75) is 38.1 Å². The topological polar surface area (TPSA) is 37.8 Å². The third-order valence-electron chi connectivity index (χ3n) is 4.13. The highest BCUT2D eigenvalue weighted by atomic mass is 14.9. The number of aryl methyl sites for hydroxylation is 1. The summed E-state index contributed by atoms with van der Waals surface area (Å²) in [6.07, 6.45) is 9.31. The molecular weight excluding hydrogens is 246 g/mol. The fourth-order valence-corrected chi connectivity index (χ4v) is 2.76. The quantitative estimate of drug-likeness (QED) is 0.905. The monoisotopic (exact) mass is 267 g/mol. The second-order valence-corrected chi connectivity index (χ2v) is 5.66. The summed E-state index contributed by atoms with van der Waals surface area (Å²) in [5.41, 5.74) is 3.83. The van der Waals surface area contributed by atoms with Gasteiger partial charge in [-0.3, -0.25) is 9.97 Å². The molecule has 1 aliphatic carbocycles. The molecule has 1 N–H and O–H groups in total. The van der Waals surface area contributed by atoms with E-state index in [0.29, 0.717) is 6.04 Å². The minimum atomic E-state index is 0.673. The van der Waals surface area contributed by atoms with Crippen LogP contribution in [0.2, 0.25) is 0 Å². The van der Waals surface area contributed by atoms with Crippen LogP contribution in [0.3, 0.4) is 0 Å². The third-order valence-corrected chi connectivity index (χ3v) is 4.13. The van der Waals surface area contributed by atoms with Crippen molar-refractivity contribution in [3.05, 3.63) is 59.7 Å². The molecule has 2 heterocycles. The predicted octanol–water partition coefficient (Wildman–Crippen LogP) is 2.86. The van der Waals surface area contributed by atoms with Crippen LogP contribution in [-0.4, -0.2) is 22.6 Å². The smallest absolute Gasteiger partial charge is 0.0372 e. The Labute approximate surface area is 120 Å². The van der Waals surface area contributed by atoms with Crippen molar-refractivity contribution in [2.24, 2.45) is 0 Å². The van der Waals surface area contributed by atoms with E-state index in [2.05, 4.69) is 39.6 Å². The van der Waals surface area contributed by atoms with Crippen LogP contribution in [0.5, 0.6) is 0 Å². The molecule has 1 fully saturated rings. The van der Waals surface area contributed by atoms with Gasteiger partial charge in [0.15, 0.2) is 0 Å². The summed E-state index contributed by atoms with van der Waals surface area (Å²) in [5.74, 6) is 0.719. The molecule has 0 radical (unpaired) electrons. The summed E-state index contributed by atoms with van der Waals surface area (Å²) in [7, 11) is 0. The molecule has 0 bridgehead atoms. The van der Waals surface area contributed by atoms with Crippen LogP contribution in [0.25, 0.3) is 0 Å². The zero-order valence-electron chi connectivity index (χ0n) is 11.9. The summed E-state index contributed by atoms with van der Waals surface area (Å²) in [6, 6.07) is 9.20. The van der Waals surface area contributed by atoms with Crippen molar-refractivity contribution in [2.75, 3.05) is 6.54 Å². The number of nitrogens with zero attached hydrogens (tertiary/aromatic N) is 2. The van der Waals surface area contributed by atoms with Crippen molar-refractivity contribution >= 4 is 0 Å². The molecular formula is C17H21N3. The first kappa shape index (κ1) is 13.3. The Kier molecular flexibility index (Phi) is 4.07. The highest BCUT2D eigenvalue weighted by Crippen LogP contribution is 2.36. The van der Waals surface area contributed by atoms with Gasteiger partial charge in [-0.15, -0.1) is 0 Å². The Morgan fingerprint density at radius 2 is 1.95 bits per heavy atom. The summed E-state index contributed by atoms with van der Waals surface area (Å²) in [6.45, 7) is 3.06. The molecule has 0 spiro atoms. The number of aromatic nitrogens is 2. The fourth-order valence-electron chi connectivity index (χ4n) is 2.76. The second kappa shape index (κ2) is 6.14. The van der Waals surface area contributed by atoms with Crippen molar-refractivity contribution in [3.8, 4) is 0 Å². The lowest BCUT2D eigenvalue weighted by molar-refractivity contribution is 0.292. The van der Waals surface area contributed by atoms with E-state index in [4.69, 9.17) is 0 Å². The lowest BCUT2D eigenvalue weighted by Crippen LogP contribution is -2.40. The molecule has 0 atom stereocenters. The maximum Gasteiger partial charge on any atom is 0.0372 e. The van der Waals surface area contributed by atoms with E-state index in [9.17, 15) is 0 Å². The molecule has 104 valence electrons. The Balaban J connectivity index is 1.38. The SMILES string of the molecule is Cc1ccc(CCNC2CC(c3ccncc3)C2)cn1. The Morgan fingerprint density at radius 3 is 2.65 bits per heavy atom. The van der Waals surface area contributed by atoms with Gasteiger partial charge in [0.1, 0.15) is 0 Å². The molecule has 3 rings (SSSR count). The summed E-state index contributed by atoms with van der Waals surface area (Å²) >= 11 is 0. The van der Waals surface area contributed by atoms with Gasteiger partial charge in [0, 0.05) is 30.3 Å². The van der Waals surface area contributed by atoms with E-state index in [0.717, 1.165) is 24.6 Å². The normalized spacial score (nSPS) is 21.4. The largest absolute Gasteiger partial charge is 0.314 e. The van der Waals surface area contributed by atoms with Gasteiger partial charge in [-0.05, 0) is 68.0 Å². The van der Waals surface area contributed by atoms with Gasteiger partial charge in [0.25, 0.3) is 0 Å². The molecule has 1 aliphatic rings. The summed E-state index contributed by atoms with van der Waals surface area (Å²) in [5, 5.41) is 3.64. The molecule has 2 aromatic rings. The van der Waals surface area contributed by atoms with Gasteiger partial charge >= 0.3 is 0 Å². The first-order valence-corrected chi connectivity index (χ1v) is 7.36. The molecule has 3 nitrogen and oxygen atoms in total.